The molecule has 0 bridgehead atoms. The fourth-order valence-electron chi connectivity index (χ4n) is 1.51. The predicted molar refractivity (Wildman–Crippen MR) is 55.8 cm³/mol. The molecule has 5 heteroatoms. The summed E-state index contributed by atoms with van der Waals surface area (Å²) in [6, 6.07) is 0. The van der Waals surface area contributed by atoms with Crippen LogP contribution in [0.1, 0.15) is 19.8 Å². The zero-order chi connectivity index (χ0) is 10.6. The highest BCUT2D eigenvalue weighted by Gasteiger charge is 2.19. The Hall–Kier alpha value is -0.420. The largest absolute Gasteiger partial charge is 0.481 e. The van der Waals surface area contributed by atoms with Crippen molar-refractivity contribution in [3.63, 3.8) is 0 Å². The Morgan fingerprint density at radius 1 is 1.57 bits per heavy atom. The molecule has 1 aliphatic rings. The Kier molecular flexibility index (Phi) is 4.54. The second kappa shape index (κ2) is 5.46. The van der Waals surface area contributed by atoms with Crippen molar-refractivity contribution in [3.05, 3.63) is 0 Å². The van der Waals surface area contributed by atoms with Gasteiger partial charge in [0, 0.05) is 34.9 Å². The molecule has 1 fully saturated rings. The van der Waals surface area contributed by atoms with Crippen molar-refractivity contribution < 1.29 is 14.1 Å². The Morgan fingerprint density at radius 2 is 2.29 bits per heavy atom. The number of rotatable bonds is 3. The standard InChI is InChI=1S/C9H17NO3S/c1-8-2-4-10(5-3-9(11)12)6-7-14(8)13/h8H,2-7H2,1H3,(H,11,12). The summed E-state index contributed by atoms with van der Waals surface area (Å²) >= 11 is 0. The minimum Gasteiger partial charge on any atom is -0.481 e. The summed E-state index contributed by atoms with van der Waals surface area (Å²) in [5, 5.41) is 8.79. The lowest BCUT2D eigenvalue weighted by Gasteiger charge is -2.17. The third kappa shape index (κ3) is 3.75. The van der Waals surface area contributed by atoms with Crippen molar-refractivity contribution in [1.29, 1.82) is 0 Å². The molecule has 14 heavy (non-hydrogen) atoms. The van der Waals surface area contributed by atoms with E-state index in [-0.39, 0.29) is 11.7 Å². The van der Waals surface area contributed by atoms with Gasteiger partial charge >= 0.3 is 5.97 Å². The highest BCUT2D eigenvalue weighted by molar-refractivity contribution is 7.85. The van der Waals surface area contributed by atoms with E-state index < -0.39 is 16.8 Å². The lowest BCUT2D eigenvalue weighted by Crippen LogP contribution is -2.28. The van der Waals surface area contributed by atoms with Gasteiger partial charge in [-0.1, -0.05) is 6.92 Å². The molecule has 1 saturated heterocycles. The molecule has 4 nitrogen and oxygen atoms in total. The van der Waals surface area contributed by atoms with Crippen molar-refractivity contribution in [3.8, 4) is 0 Å². The van der Waals surface area contributed by atoms with Crippen molar-refractivity contribution >= 4 is 16.8 Å². The van der Waals surface area contributed by atoms with Gasteiger partial charge in [0.05, 0.1) is 6.42 Å². The van der Waals surface area contributed by atoms with E-state index in [1.807, 2.05) is 6.92 Å². The highest BCUT2D eigenvalue weighted by Crippen LogP contribution is 2.09. The SMILES string of the molecule is CC1CCN(CCC(=O)O)CCS1=O. The molecule has 0 aromatic heterocycles. The molecule has 0 aromatic carbocycles. The van der Waals surface area contributed by atoms with Crippen LogP contribution in [0.15, 0.2) is 0 Å². The maximum Gasteiger partial charge on any atom is 0.304 e. The monoisotopic (exact) mass is 219 g/mol. The molecule has 1 N–H and O–H groups in total. The molecule has 82 valence electrons. The molecule has 1 heterocycles. The number of carbonyl (C=O) groups is 1. The van der Waals surface area contributed by atoms with E-state index in [2.05, 4.69) is 4.90 Å². The first-order valence-corrected chi connectivity index (χ1v) is 6.29. The van der Waals surface area contributed by atoms with Crippen LogP contribution in [0.4, 0.5) is 0 Å². The number of hydrogen-bond acceptors (Lipinski definition) is 3. The predicted octanol–water partition coefficient (Wildman–Crippen LogP) is 0.304. The fraction of sp³-hybridized carbons (Fsp3) is 0.889. The number of carboxylic acid groups (broad SMARTS) is 1. The highest BCUT2D eigenvalue weighted by atomic mass is 32.2. The van der Waals surface area contributed by atoms with Crippen LogP contribution < -0.4 is 0 Å². The van der Waals surface area contributed by atoms with Gasteiger partial charge in [-0.05, 0) is 13.0 Å². The van der Waals surface area contributed by atoms with Crippen LogP contribution in [-0.4, -0.2) is 50.8 Å². The van der Waals surface area contributed by atoms with Crippen LogP contribution in [0, 0.1) is 0 Å². The third-order valence-corrected chi connectivity index (χ3v) is 4.27. The molecule has 0 saturated carbocycles. The summed E-state index contributed by atoms with van der Waals surface area (Å²) in [4.78, 5) is 12.5. The zero-order valence-corrected chi connectivity index (χ0v) is 9.26. The average Bonchev–Trinajstić information content (AvgIpc) is 2.28. The summed E-state index contributed by atoms with van der Waals surface area (Å²) < 4.78 is 11.5. The molecule has 0 aliphatic carbocycles. The molecule has 1 aliphatic heterocycles. The van der Waals surface area contributed by atoms with E-state index in [1.54, 1.807) is 0 Å². The van der Waals surface area contributed by atoms with Crippen LogP contribution in [0.5, 0.6) is 0 Å². The van der Waals surface area contributed by atoms with E-state index in [4.69, 9.17) is 5.11 Å². The normalized spacial score (nSPS) is 29.8. The second-order valence-corrected chi connectivity index (χ2v) is 5.64. The van der Waals surface area contributed by atoms with Gasteiger partial charge in [-0.25, -0.2) is 0 Å². The minimum absolute atomic E-state index is 0.182. The van der Waals surface area contributed by atoms with Gasteiger partial charge < -0.3 is 10.0 Å². The summed E-state index contributed by atoms with van der Waals surface area (Å²) in [6.45, 7) is 4.22. The maximum absolute atomic E-state index is 11.5. The van der Waals surface area contributed by atoms with Crippen molar-refractivity contribution in [1.82, 2.24) is 4.90 Å². The van der Waals surface area contributed by atoms with Gasteiger partial charge in [-0.2, -0.15) is 0 Å². The van der Waals surface area contributed by atoms with E-state index in [1.165, 1.54) is 0 Å². The summed E-state index contributed by atoms with van der Waals surface area (Å²) in [7, 11) is -0.726. The topological polar surface area (TPSA) is 57.6 Å². The zero-order valence-electron chi connectivity index (χ0n) is 8.44. The molecular formula is C9H17NO3S. The molecular weight excluding hydrogens is 202 g/mol. The van der Waals surface area contributed by atoms with Gasteiger partial charge in [0.15, 0.2) is 0 Å². The van der Waals surface area contributed by atoms with Gasteiger partial charge in [-0.15, -0.1) is 0 Å². The summed E-state index contributed by atoms with van der Waals surface area (Å²) in [5.41, 5.74) is 0. The lowest BCUT2D eigenvalue weighted by molar-refractivity contribution is -0.137. The van der Waals surface area contributed by atoms with Gasteiger partial charge in [-0.3, -0.25) is 9.00 Å². The van der Waals surface area contributed by atoms with Crippen LogP contribution in [0.2, 0.25) is 0 Å². The van der Waals surface area contributed by atoms with E-state index >= 15 is 0 Å². The van der Waals surface area contributed by atoms with Gasteiger partial charge in [0.2, 0.25) is 0 Å². The smallest absolute Gasteiger partial charge is 0.304 e. The maximum atomic E-state index is 11.5. The fourth-order valence-corrected chi connectivity index (χ4v) is 2.71. The van der Waals surface area contributed by atoms with Gasteiger partial charge in [0.25, 0.3) is 0 Å². The third-order valence-electron chi connectivity index (χ3n) is 2.55. The number of hydrogen-bond donors (Lipinski definition) is 1. The molecule has 2 unspecified atom stereocenters. The minimum atomic E-state index is -0.761. The van der Waals surface area contributed by atoms with Crippen LogP contribution in [0.3, 0.4) is 0 Å². The van der Waals surface area contributed by atoms with Crippen LogP contribution in [-0.2, 0) is 15.6 Å². The number of carboxylic acids is 1. The summed E-state index contributed by atoms with van der Waals surface area (Å²) in [5.74, 6) is -0.0794. The van der Waals surface area contributed by atoms with Crippen molar-refractivity contribution in [2.24, 2.45) is 0 Å². The van der Waals surface area contributed by atoms with Crippen LogP contribution in [0.25, 0.3) is 0 Å². The van der Waals surface area contributed by atoms with Crippen molar-refractivity contribution in [2.45, 2.75) is 25.0 Å². The molecule has 1 rings (SSSR count). The van der Waals surface area contributed by atoms with Gasteiger partial charge in [0.1, 0.15) is 0 Å². The average molecular weight is 219 g/mol. The van der Waals surface area contributed by atoms with Crippen molar-refractivity contribution in [2.75, 3.05) is 25.4 Å². The van der Waals surface area contributed by atoms with E-state index in [0.717, 1.165) is 19.5 Å². The second-order valence-electron chi connectivity index (χ2n) is 3.67. The molecule has 2 atom stereocenters. The molecule has 0 aromatic rings. The first-order valence-electron chi connectivity index (χ1n) is 4.91. The molecule has 0 amide bonds. The molecule has 0 spiro atoms. The van der Waals surface area contributed by atoms with Crippen LogP contribution >= 0.6 is 0 Å². The Morgan fingerprint density at radius 3 is 2.93 bits per heavy atom. The quantitative estimate of drug-likeness (QED) is 0.742. The first kappa shape index (κ1) is 11.7. The summed E-state index contributed by atoms with van der Waals surface area (Å²) in [6.07, 6.45) is 1.09. The first-order chi connectivity index (χ1) is 6.59. The van der Waals surface area contributed by atoms with E-state index in [9.17, 15) is 9.00 Å². The number of nitrogens with zero attached hydrogens (tertiary/aromatic N) is 1. The molecule has 0 radical (unpaired) electrons. The number of aliphatic carboxylic acids is 1. The van der Waals surface area contributed by atoms with E-state index in [0.29, 0.717) is 12.3 Å². The Bertz CT molecular complexity index is 230. The Balaban J connectivity index is 2.34. The Labute approximate surface area is 86.7 Å². The lowest BCUT2D eigenvalue weighted by atomic mass is 10.3.